The van der Waals surface area contributed by atoms with Crippen molar-refractivity contribution in [3.05, 3.63) is 52.7 Å². The molecule has 6 heteroatoms. The Hall–Kier alpha value is -2.11. The van der Waals surface area contributed by atoms with E-state index in [2.05, 4.69) is 20.5 Å². The molecule has 24 heavy (non-hydrogen) atoms. The van der Waals surface area contributed by atoms with Gasteiger partial charge in [0.05, 0.1) is 5.56 Å². The lowest BCUT2D eigenvalue weighted by molar-refractivity contribution is 0.0952. The summed E-state index contributed by atoms with van der Waals surface area (Å²) in [6.45, 7) is 3.59. The van der Waals surface area contributed by atoms with Crippen molar-refractivity contribution in [3.8, 4) is 0 Å². The summed E-state index contributed by atoms with van der Waals surface area (Å²) in [5.74, 6) is 0.566. The molecule has 0 unspecified atom stereocenters. The van der Waals surface area contributed by atoms with Gasteiger partial charge in [0.2, 0.25) is 0 Å². The number of benzene rings is 1. The number of nitrogens with one attached hydrogen (secondary N) is 2. The summed E-state index contributed by atoms with van der Waals surface area (Å²) in [6.07, 6.45) is 2.49. The van der Waals surface area contributed by atoms with Crippen molar-refractivity contribution in [1.29, 1.82) is 0 Å². The van der Waals surface area contributed by atoms with Crippen LogP contribution in [0, 0.1) is 6.92 Å². The highest BCUT2D eigenvalue weighted by atomic mass is 35.5. The lowest BCUT2D eigenvalue weighted by atomic mass is 10.2. The standard InChI is InChI=1S/C18H23ClN4O/c1-13-5-7-15(19)11-16(13)22-17-8-6-14(12-21-17)18(24)20-9-4-10-23(2)3/h5-8,11-12H,4,9-10H2,1-3H3,(H,20,24)(H,21,22). The first-order chi connectivity index (χ1) is 11.5. The molecule has 0 saturated carbocycles. The smallest absolute Gasteiger partial charge is 0.252 e. The molecular formula is C18H23ClN4O. The molecule has 1 aromatic heterocycles. The van der Waals surface area contributed by atoms with E-state index in [1.54, 1.807) is 18.3 Å². The fourth-order valence-corrected chi connectivity index (χ4v) is 2.34. The molecule has 0 radical (unpaired) electrons. The van der Waals surface area contributed by atoms with Crippen LogP contribution in [0.15, 0.2) is 36.5 Å². The molecule has 0 aliphatic rings. The summed E-state index contributed by atoms with van der Waals surface area (Å²) in [4.78, 5) is 18.4. The zero-order chi connectivity index (χ0) is 17.5. The number of nitrogens with zero attached hydrogens (tertiary/aromatic N) is 2. The van der Waals surface area contributed by atoms with E-state index < -0.39 is 0 Å². The number of halogens is 1. The monoisotopic (exact) mass is 346 g/mol. The predicted molar refractivity (Wildman–Crippen MR) is 99.2 cm³/mol. The van der Waals surface area contributed by atoms with Crippen molar-refractivity contribution in [2.45, 2.75) is 13.3 Å². The minimum absolute atomic E-state index is 0.105. The van der Waals surface area contributed by atoms with Crippen molar-refractivity contribution >= 4 is 29.0 Å². The predicted octanol–water partition coefficient (Wildman–Crippen LogP) is 3.47. The van der Waals surface area contributed by atoms with Crippen LogP contribution in [-0.4, -0.2) is 43.0 Å². The molecule has 0 bridgehead atoms. The van der Waals surface area contributed by atoms with Crippen LogP contribution in [-0.2, 0) is 0 Å². The van der Waals surface area contributed by atoms with E-state index in [1.165, 1.54) is 0 Å². The van der Waals surface area contributed by atoms with Gasteiger partial charge in [-0.05, 0) is 63.8 Å². The third-order valence-electron chi connectivity index (χ3n) is 3.56. The summed E-state index contributed by atoms with van der Waals surface area (Å²) in [7, 11) is 4.03. The molecule has 1 amide bonds. The Kier molecular flexibility index (Phi) is 6.58. The molecule has 0 saturated heterocycles. The number of aromatic nitrogens is 1. The Balaban J connectivity index is 1.92. The molecule has 0 atom stereocenters. The Morgan fingerprint density at radius 2 is 2.04 bits per heavy atom. The van der Waals surface area contributed by atoms with Gasteiger partial charge in [-0.15, -0.1) is 0 Å². The van der Waals surface area contributed by atoms with E-state index in [4.69, 9.17) is 11.6 Å². The van der Waals surface area contributed by atoms with Gasteiger partial charge in [-0.2, -0.15) is 0 Å². The molecule has 2 aromatic rings. The molecule has 0 spiro atoms. The van der Waals surface area contributed by atoms with E-state index in [9.17, 15) is 4.79 Å². The quantitative estimate of drug-likeness (QED) is 0.754. The van der Waals surface area contributed by atoms with Crippen LogP contribution in [0.3, 0.4) is 0 Å². The maximum atomic E-state index is 12.1. The van der Waals surface area contributed by atoms with Crippen molar-refractivity contribution in [2.24, 2.45) is 0 Å². The Morgan fingerprint density at radius 3 is 2.71 bits per heavy atom. The van der Waals surface area contributed by atoms with E-state index in [0.717, 1.165) is 24.2 Å². The van der Waals surface area contributed by atoms with Gasteiger partial charge in [0.15, 0.2) is 0 Å². The largest absolute Gasteiger partial charge is 0.352 e. The highest BCUT2D eigenvalue weighted by Gasteiger charge is 2.06. The number of aryl methyl sites for hydroxylation is 1. The van der Waals surface area contributed by atoms with Crippen LogP contribution >= 0.6 is 11.6 Å². The zero-order valence-electron chi connectivity index (χ0n) is 14.3. The molecule has 1 aromatic carbocycles. The molecule has 0 aliphatic carbocycles. The summed E-state index contributed by atoms with van der Waals surface area (Å²) in [6, 6.07) is 9.19. The molecule has 1 heterocycles. The minimum atomic E-state index is -0.105. The van der Waals surface area contributed by atoms with Crippen molar-refractivity contribution in [1.82, 2.24) is 15.2 Å². The van der Waals surface area contributed by atoms with Gasteiger partial charge in [0.25, 0.3) is 5.91 Å². The first-order valence-electron chi connectivity index (χ1n) is 7.88. The molecule has 2 N–H and O–H groups in total. The highest BCUT2D eigenvalue weighted by molar-refractivity contribution is 6.30. The number of hydrogen-bond acceptors (Lipinski definition) is 4. The lowest BCUT2D eigenvalue weighted by Crippen LogP contribution is -2.27. The topological polar surface area (TPSA) is 57.3 Å². The first-order valence-corrected chi connectivity index (χ1v) is 8.25. The molecular weight excluding hydrogens is 324 g/mol. The Labute approximate surface area is 148 Å². The van der Waals surface area contributed by atoms with Crippen LogP contribution in [0.5, 0.6) is 0 Å². The second-order valence-electron chi connectivity index (χ2n) is 5.93. The summed E-state index contributed by atoms with van der Waals surface area (Å²) in [5, 5.41) is 6.77. The summed E-state index contributed by atoms with van der Waals surface area (Å²) < 4.78 is 0. The van der Waals surface area contributed by atoms with Gasteiger partial charge in [-0.3, -0.25) is 4.79 Å². The number of hydrogen-bond donors (Lipinski definition) is 2. The lowest BCUT2D eigenvalue weighted by Gasteiger charge is -2.11. The Morgan fingerprint density at radius 1 is 1.25 bits per heavy atom. The van der Waals surface area contributed by atoms with Crippen molar-refractivity contribution in [3.63, 3.8) is 0 Å². The van der Waals surface area contributed by atoms with Gasteiger partial charge in [-0.1, -0.05) is 17.7 Å². The van der Waals surface area contributed by atoms with Gasteiger partial charge in [0.1, 0.15) is 5.82 Å². The third-order valence-corrected chi connectivity index (χ3v) is 3.79. The minimum Gasteiger partial charge on any atom is -0.352 e. The molecule has 5 nitrogen and oxygen atoms in total. The van der Waals surface area contributed by atoms with Crippen molar-refractivity contribution < 1.29 is 4.79 Å². The van der Waals surface area contributed by atoms with Crippen molar-refractivity contribution in [2.75, 3.05) is 32.5 Å². The second kappa shape index (κ2) is 8.66. The maximum Gasteiger partial charge on any atom is 0.252 e. The Bertz CT molecular complexity index is 686. The van der Waals surface area contributed by atoms with E-state index in [0.29, 0.717) is 22.9 Å². The van der Waals surface area contributed by atoms with Crippen LogP contribution in [0.4, 0.5) is 11.5 Å². The SMILES string of the molecule is Cc1ccc(Cl)cc1Nc1ccc(C(=O)NCCCN(C)C)cn1. The van der Waals surface area contributed by atoms with Gasteiger partial charge in [-0.25, -0.2) is 4.98 Å². The van der Waals surface area contributed by atoms with Gasteiger partial charge in [0, 0.05) is 23.5 Å². The third kappa shape index (κ3) is 5.51. The number of carbonyl (C=O) groups excluding carboxylic acids is 1. The fourth-order valence-electron chi connectivity index (χ4n) is 2.17. The number of anilines is 2. The first kappa shape index (κ1) is 18.2. The number of rotatable bonds is 7. The normalized spacial score (nSPS) is 10.7. The van der Waals surface area contributed by atoms with E-state index in [-0.39, 0.29) is 5.91 Å². The molecule has 128 valence electrons. The van der Waals surface area contributed by atoms with Crippen LogP contribution < -0.4 is 10.6 Å². The van der Waals surface area contributed by atoms with Crippen LogP contribution in [0.25, 0.3) is 0 Å². The highest BCUT2D eigenvalue weighted by Crippen LogP contribution is 2.23. The summed E-state index contributed by atoms with van der Waals surface area (Å²) in [5.41, 5.74) is 2.52. The van der Waals surface area contributed by atoms with Gasteiger partial charge < -0.3 is 15.5 Å². The van der Waals surface area contributed by atoms with Gasteiger partial charge >= 0.3 is 0 Å². The maximum absolute atomic E-state index is 12.1. The second-order valence-corrected chi connectivity index (χ2v) is 6.37. The average Bonchev–Trinajstić information content (AvgIpc) is 2.55. The van der Waals surface area contributed by atoms with Crippen LogP contribution in [0.2, 0.25) is 5.02 Å². The summed E-state index contributed by atoms with van der Waals surface area (Å²) >= 11 is 6.01. The van der Waals surface area contributed by atoms with E-state index >= 15 is 0 Å². The number of carbonyl (C=O) groups is 1. The fraction of sp³-hybridized carbons (Fsp3) is 0.333. The molecule has 0 aliphatic heterocycles. The zero-order valence-corrected chi connectivity index (χ0v) is 15.0. The van der Waals surface area contributed by atoms with E-state index in [1.807, 2.05) is 39.2 Å². The average molecular weight is 347 g/mol. The van der Waals surface area contributed by atoms with Crippen LogP contribution in [0.1, 0.15) is 22.3 Å². The molecule has 2 rings (SSSR count). The number of pyridine rings is 1. The number of amides is 1. The molecule has 0 fully saturated rings.